The minimum Gasteiger partial charge on any atom is -0.497 e. The number of benzene rings is 1. The number of amides is 1. The van der Waals surface area contributed by atoms with Gasteiger partial charge in [0.25, 0.3) is 0 Å². The Kier molecular flexibility index (Phi) is 4.57. The number of aromatic nitrogens is 2. The molecule has 0 spiro atoms. The Balaban J connectivity index is 2.01. The molecule has 2 aromatic rings. The molecule has 2 N–H and O–H groups in total. The quantitative estimate of drug-likeness (QED) is 0.818. The summed E-state index contributed by atoms with van der Waals surface area (Å²) in [6, 6.07) is 5.72. The van der Waals surface area contributed by atoms with Crippen LogP contribution >= 0.6 is 0 Å². The summed E-state index contributed by atoms with van der Waals surface area (Å²) in [7, 11) is 5.20. The van der Waals surface area contributed by atoms with Gasteiger partial charge in [-0.05, 0) is 19.2 Å². The van der Waals surface area contributed by atoms with Crippen molar-refractivity contribution in [1.82, 2.24) is 20.2 Å². The van der Waals surface area contributed by atoms with Gasteiger partial charge in [-0.15, -0.1) is 0 Å². The first kappa shape index (κ1) is 14.3. The maximum atomic E-state index is 11.6. The van der Waals surface area contributed by atoms with E-state index in [1.54, 1.807) is 26.1 Å². The van der Waals surface area contributed by atoms with Crippen LogP contribution in [0.15, 0.2) is 18.2 Å². The molecule has 1 aromatic carbocycles. The van der Waals surface area contributed by atoms with E-state index in [0.717, 1.165) is 22.6 Å². The van der Waals surface area contributed by atoms with Crippen molar-refractivity contribution in [2.45, 2.75) is 6.42 Å². The number of ether oxygens (including phenoxy) is 1. The number of hydrogen-bond acceptors (Lipinski definition) is 4. The molecule has 1 heterocycles. The Labute approximate surface area is 118 Å². The first-order valence-corrected chi connectivity index (χ1v) is 6.55. The smallest absolute Gasteiger partial charge is 0.236 e. The molecule has 6 heteroatoms. The van der Waals surface area contributed by atoms with Gasteiger partial charge in [0.2, 0.25) is 5.91 Å². The van der Waals surface area contributed by atoms with E-state index >= 15 is 0 Å². The van der Waals surface area contributed by atoms with Gasteiger partial charge in [0.1, 0.15) is 11.6 Å². The number of imidazole rings is 1. The number of nitrogens with one attached hydrogen (secondary N) is 2. The van der Waals surface area contributed by atoms with Crippen LogP contribution in [-0.2, 0) is 11.2 Å². The van der Waals surface area contributed by atoms with Gasteiger partial charge in [0.05, 0.1) is 24.7 Å². The monoisotopic (exact) mass is 276 g/mol. The van der Waals surface area contributed by atoms with Crippen LogP contribution in [0, 0.1) is 0 Å². The molecule has 2 rings (SSSR count). The fraction of sp³-hybridized carbons (Fsp3) is 0.429. The van der Waals surface area contributed by atoms with Crippen molar-refractivity contribution in [2.75, 3.05) is 34.3 Å². The van der Waals surface area contributed by atoms with E-state index in [1.165, 1.54) is 0 Å². The Bertz CT molecular complexity index is 594. The Hall–Kier alpha value is -2.08. The second-order valence-corrected chi connectivity index (χ2v) is 4.66. The number of hydrogen-bond donors (Lipinski definition) is 2. The maximum Gasteiger partial charge on any atom is 0.236 e. The summed E-state index contributed by atoms with van der Waals surface area (Å²) >= 11 is 0. The maximum absolute atomic E-state index is 11.6. The Morgan fingerprint density at radius 2 is 2.30 bits per heavy atom. The van der Waals surface area contributed by atoms with Crippen LogP contribution in [-0.4, -0.2) is 55.1 Å². The Morgan fingerprint density at radius 1 is 1.50 bits per heavy atom. The number of aromatic amines is 1. The first-order valence-electron chi connectivity index (χ1n) is 6.55. The third-order valence-corrected chi connectivity index (χ3v) is 3.18. The largest absolute Gasteiger partial charge is 0.497 e. The average Bonchev–Trinajstić information content (AvgIpc) is 2.86. The molecule has 0 aliphatic rings. The van der Waals surface area contributed by atoms with Crippen molar-refractivity contribution in [1.29, 1.82) is 0 Å². The number of carbonyl (C=O) groups is 1. The third-order valence-electron chi connectivity index (χ3n) is 3.18. The molecule has 0 fully saturated rings. The number of H-pyrrole nitrogens is 1. The van der Waals surface area contributed by atoms with Gasteiger partial charge in [0.15, 0.2) is 0 Å². The van der Waals surface area contributed by atoms with Gasteiger partial charge < -0.3 is 19.9 Å². The highest BCUT2D eigenvalue weighted by Gasteiger charge is 2.09. The molecule has 0 atom stereocenters. The van der Waals surface area contributed by atoms with Gasteiger partial charge in [-0.25, -0.2) is 4.98 Å². The molecule has 0 saturated carbocycles. The second kappa shape index (κ2) is 6.38. The van der Waals surface area contributed by atoms with Crippen molar-refractivity contribution in [3.05, 3.63) is 24.0 Å². The molecular weight excluding hydrogens is 256 g/mol. The summed E-state index contributed by atoms with van der Waals surface area (Å²) in [6.45, 7) is 0.991. The van der Waals surface area contributed by atoms with E-state index in [-0.39, 0.29) is 5.91 Å². The van der Waals surface area contributed by atoms with Crippen LogP contribution in [0.3, 0.4) is 0 Å². The molecule has 0 unspecified atom stereocenters. The van der Waals surface area contributed by atoms with Crippen molar-refractivity contribution in [3.8, 4) is 5.75 Å². The average molecular weight is 276 g/mol. The molecule has 0 radical (unpaired) electrons. The van der Waals surface area contributed by atoms with Crippen molar-refractivity contribution < 1.29 is 9.53 Å². The molecule has 0 aliphatic carbocycles. The lowest BCUT2D eigenvalue weighted by molar-refractivity contribution is -0.128. The van der Waals surface area contributed by atoms with Gasteiger partial charge in [-0.3, -0.25) is 4.79 Å². The zero-order valence-electron chi connectivity index (χ0n) is 12.1. The number of likely N-dealkylation sites (N-methyl/N-ethyl adjacent to an activating group) is 2. The number of nitrogens with zero attached hydrogens (tertiary/aromatic N) is 2. The highest BCUT2D eigenvalue weighted by molar-refractivity contribution is 5.78. The Morgan fingerprint density at radius 3 is 3.00 bits per heavy atom. The van der Waals surface area contributed by atoms with E-state index in [9.17, 15) is 4.79 Å². The number of methoxy groups -OCH3 is 1. The minimum absolute atomic E-state index is 0.0743. The molecule has 0 bridgehead atoms. The summed E-state index contributed by atoms with van der Waals surface area (Å²) in [5, 5.41) is 2.85. The number of fused-ring (bicyclic) bond motifs is 1. The van der Waals surface area contributed by atoms with Crippen LogP contribution in [0.4, 0.5) is 0 Å². The molecule has 0 aliphatic heterocycles. The summed E-state index contributed by atoms with van der Waals surface area (Å²) in [6.07, 6.45) is 0.697. The fourth-order valence-corrected chi connectivity index (χ4v) is 1.97. The van der Waals surface area contributed by atoms with Gasteiger partial charge in [-0.1, -0.05) is 0 Å². The predicted octanol–water partition coefficient (Wildman–Crippen LogP) is 0.792. The van der Waals surface area contributed by atoms with Crippen molar-refractivity contribution >= 4 is 16.9 Å². The van der Waals surface area contributed by atoms with Gasteiger partial charge in [-0.2, -0.15) is 0 Å². The van der Waals surface area contributed by atoms with E-state index in [0.29, 0.717) is 19.5 Å². The topological polar surface area (TPSA) is 70.2 Å². The molecule has 20 heavy (non-hydrogen) atoms. The third kappa shape index (κ3) is 3.27. The zero-order valence-corrected chi connectivity index (χ0v) is 12.1. The zero-order chi connectivity index (χ0) is 14.5. The van der Waals surface area contributed by atoms with Crippen LogP contribution in [0.5, 0.6) is 5.75 Å². The number of carbonyl (C=O) groups excluding carboxylic acids is 1. The summed E-state index contributed by atoms with van der Waals surface area (Å²) < 4.78 is 5.18. The van der Waals surface area contributed by atoms with E-state index in [1.807, 2.05) is 18.2 Å². The highest BCUT2D eigenvalue weighted by atomic mass is 16.5. The lowest BCUT2D eigenvalue weighted by Gasteiger charge is -2.15. The van der Waals surface area contributed by atoms with E-state index in [4.69, 9.17) is 4.74 Å². The first-order chi connectivity index (χ1) is 9.63. The molecule has 6 nitrogen and oxygen atoms in total. The standard InChI is InChI=1S/C14H20N4O2/c1-15-9-14(19)18(2)7-6-13-16-11-5-4-10(20-3)8-12(11)17-13/h4-5,8,15H,6-7,9H2,1-3H3,(H,16,17). The van der Waals surface area contributed by atoms with Crippen LogP contribution < -0.4 is 10.1 Å². The molecule has 1 aromatic heterocycles. The minimum atomic E-state index is 0.0743. The normalized spacial score (nSPS) is 10.8. The van der Waals surface area contributed by atoms with Crippen LogP contribution in [0.25, 0.3) is 11.0 Å². The van der Waals surface area contributed by atoms with Gasteiger partial charge in [0, 0.05) is 26.1 Å². The summed E-state index contributed by atoms with van der Waals surface area (Å²) in [5.74, 6) is 1.75. The molecule has 0 saturated heterocycles. The molecular formula is C14H20N4O2. The second-order valence-electron chi connectivity index (χ2n) is 4.66. The molecule has 1 amide bonds. The predicted molar refractivity (Wildman–Crippen MR) is 77.9 cm³/mol. The lowest BCUT2D eigenvalue weighted by atomic mass is 10.3. The van der Waals surface area contributed by atoms with Gasteiger partial charge >= 0.3 is 0 Å². The van der Waals surface area contributed by atoms with Crippen LogP contribution in [0.2, 0.25) is 0 Å². The number of rotatable bonds is 6. The summed E-state index contributed by atoms with van der Waals surface area (Å²) in [4.78, 5) is 21.1. The van der Waals surface area contributed by atoms with Crippen LogP contribution in [0.1, 0.15) is 5.82 Å². The molecule has 108 valence electrons. The van der Waals surface area contributed by atoms with E-state index < -0.39 is 0 Å². The lowest BCUT2D eigenvalue weighted by Crippen LogP contribution is -2.35. The SMILES string of the molecule is CNCC(=O)N(C)CCc1nc2ccc(OC)cc2[nH]1. The van der Waals surface area contributed by atoms with Crippen molar-refractivity contribution in [3.63, 3.8) is 0 Å². The fourth-order valence-electron chi connectivity index (χ4n) is 1.97. The highest BCUT2D eigenvalue weighted by Crippen LogP contribution is 2.18. The van der Waals surface area contributed by atoms with E-state index in [2.05, 4.69) is 15.3 Å². The van der Waals surface area contributed by atoms with Crippen molar-refractivity contribution in [2.24, 2.45) is 0 Å². The summed E-state index contributed by atoms with van der Waals surface area (Å²) in [5.41, 5.74) is 1.86.